The van der Waals surface area contributed by atoms with Crippen LogP contribution >= 0.6 is 0 Å². The van der Waals surface area contributed by atoms with E-state index in [1.54, 1.807) is 26.4 Å². The first-order valence-electron chi connectivity index (χ1n) is 9.14. The number of ether oxygens (including phenoxy) is 2. The van der Waals surface area contributed by atoms with Gasteiger partial charge >= 0.3 is 0 Å². The van der Waals surface area contributed by atoms with Crippen molar-refractivity contribution < 1.29 is 14.4 Å². The third-order valence-electron chi connectivity index (χ3n) is 5.22. The van der Waals surface area contributed by atoms with Gasteiger partial charge in [-0.2, -0.15) is 0 Å². The first-order chi connectivity index (χ1) is 13.6. The topological polar surface area (TPSA) is 77.7 Å². The highest BCUT2D eigenvalue weighted by Crippen LogP contribution is 2.41. The number of anilines is 1. The average molecular weight is 379 g/mol. The standard InChI is InChI=1S/C21H21N3O4/c1-27-16-7-8-17(20(13-16)28-2)19-4-3-11-23(19)21-10-5-14-12-15(24(25)26)6-9-18(14)22-21/h5-10,12-13,19H,3-4,11H2,1-2H3. The lowest BCUT2D eigenvalue weighted by atomic mass is 10.0. The molecule has 1 aliphatic heterocycles. The second-order valence-corrected chi connectivity index (χ2v) is 6.76. The second-order valence-electron chi connectivity index (χ2n) is 6.76. The van der Waals surface area contributed by atoms with Gasteiger partial charge in [-0.05, 0) is 43.2 Å². The largest absolute Gasteiger partial charge is 0.497 e. The number of benzene rings is 2. The summed E-state index contributed by atoms with van der Waals surface area (Å²) in [4.78, 5) is 17.6. The predicted molar refractivity (Wildman–Crippen MR) is 107 cm³/mol. The summed E-state index contributed by atoms with van der Waals surface area (Å²) in [6, 6.07) is 14.6. The zero-order valence-electron chi connectivity index (χ0n) is 15.8. The molecule has 7 heteroatoms. The van der Waals surface area contributed by atoms with Crippen molar-refractivity contribution in [1.29, 1.82) is 0 Å². The highest BCUT2D eigenvalue weighted by atomic mass is 16.6. The van der Waals surface area contributed by atoms with Gasteiger partial charge in [0.25, 0.3) is 5.69 Å². The summed E-state index contributed by atoms with van der Waals surface area (Å²) in [5, 5.41) is 11.7. The van der Waals surface area contributed by atoms with Gasteiger partial charge in [-0.15, -0.1) is 0 Å². The fraction of sp³-hybridized carbons (Fsp3) is 0.286. The van der Waals surface area contributed by atoms with Crippen LogP contribution in [0.4, 0.5) is 11.5 Å². The van der Waals surface area contributed by atoms with Crippen molar-refractivity contribution in [2.24, 2.45) is 0 Å². The van der Waals surface area contributed by atoms with Crippen molar-refractivity contribution in [1.82, 2.24) is 4.98 Å². The lowest BCUT2D eigenvalue weighted by Gasteiger charge is -2.27. The van der Waals surface area contributed by atoms with Crippen molar-refractivity contribution in [3.8, 4) is 11.5 Å². The Morgan fingerprint density at radius 1 is 1.11 bits per heavy atom. The van der Waals surface area contributed by atoms with E-state index in [1.807, 2.05) is 30.3 Å². The Morgan fingerprint density at radius 2 is 1.96 bits per heavy atom. The minimum absolute atomic E-state index is 0.0732. The fourth-order valence-corrected chi connectivity index (χ4v) is 3.83. The predicted octanol–water partition coefficient (Wildman–Crippen LogP) is 4.50. The molecule has 2 aromatic carbocycles. The van der Waals surface area contributed by atoms with Gasteiger partial charge in [-0.25, -0.2) is 4.98 Å². The SMILES string of the molecule is COc1ccc(C2CCCN2c2ccc3cc([N+](=O)[O-])ccc3n2)c(OC)c1. The van der Waals surface area contributed by atoms with Gasteiger partial charge in [0.05, 0.1) is 30.7 Å². The van der Waals surface area contributed by atoms with Crippen LogP contribution in [-0.4, -0.2) is 30.7 Å². The minimum Gasteiger partial charge on any atom is -0.497 e. The molecule has 144 valence electrons. The number of rotatable bonds is 5. The van der Waals surface area contributed by atoms with Crippen LogP contribution in [0, 0.1) is 10.1 Å². The molecule has 0 spiro atoms. The molecule has 7 nitrogen and oxygen atoms in total. The van der Waals surface area contributed by atoms with Gasteiger partial charge in [-0.3, -0.25) is 10.1 Å². The van der Waals surface area contributed by atoms with E-state index in [1.165, 1.54) is 6.07 Å². The smallest absolute Gasteiger partial charge is 0.270 e. The summed E-state index contributed by atoms with van der Waals surface area (Å²) in [6.07, 6.45) is 2.06. The molecule has 0 aliphatic carbocycles. The number of fused-ring (bicyclic) bond motifs is 1. The number of hydrogen-bond donors (Lipinski definition) is 0. The highest BCUT2D eigenvalue weighted by molar-refractivity contribution is 5.82. The van der Waals surface area contributed by atoms with Crippen LogP contribution < -0.4 is 14.4 Å². The second kappa shape index (κ2) is 7.34. The van der Waals surface area contributed by atoms with Crippen molar-refractivity contribution >= 4 is 22.4 Å². The highest BCUT2D eigenvalue weighted by Gasteiger charge is 2.29. The van der Waals surface area contributed by atoms with E-state index >= 15 is 0 Å². The molecule has 3 aromatic rings. The van der Waals surface area contributed by atoms with Crippen LogP contribution in [0.25, 0.3) is 10.9 Å². The van der Waals surface area contributed by atoms with E-state index in [0.29, 0.717) is 0 Å². The number of nitro groups is 1. The van der Waals surface area contributed by atoms with Crippen LogP contribution in [0.1, 0.15) is 24.4 Å². The van der Waals surface area contributed by atoms with E-state index in [0.717, 1.165) is 53.2 Å². The molecular formula is C21H21N3O4. The number of pyridine rings is 1. The van der Waals surface area contributed by atoms with Gasteiger partial charge in [0.2, 0.25) is 0 Å². The molecule has 1 unspecified atom stereocenters. The zero-order chi connectivity index (χ0) is 19.7. The van der Waals surface area contributed by atoms with Crippen LogP contribution in [-0.2, 0) is 0 Å². The summed E-state index contributed by atoms with van der Waals surface area (Å²) < 4.78 is 10.9. The van der Waals surface area contributed by atoms with Gasteiger partial charge < -0.3 is 14.4 Å². The Labute approximate surface area is 162 Å². The number of hydrogen-bond acceptors (Lipinski definition) is 6. The zero-order valence-corrected chi connectivity index (χ0v) is 15.8. The molecule has 4 rings (SSSR count). The molecular weight excluding hydrogens is 358 g/mol. The Morgan fingerprint density at radius 3 is 2.71 bits per heavy atom. The molecule has 1 aromatic heterocycles. The molecule has 1 atom stereocenters. The molecule has 0 radical (unpaired) electrons. The van der Waals surface area contributed by atoms with E-state index < -0.39 is 0 Å². The number of non-ortho nitro benzene ring substituents is 1. The maximum Gasteiger partial charge on any atom is 0.270 e. The van der Waals surface area contributed by atoms with Crippen molar-refractivity contribution in [2.75, 3.05) is 25.7 Å². The Kier molecular flexibility index (Phi) is 4.73. The van der Waals surface area contributed by atoms with E-state index in [2.05, 4.69) is 4.90 Å². The molecule has 28 heavy (non-hydrogen) atoms. The first-order valence-corrected chi connectivity index (χ1v) is 9.14. The first kappa shape index (κ1) is 18.0. The molecule has 2 heterocycles. The molecule has 1 saturated heterocycles. The Hall–Kier alpha value is -3.35. The van der Waals surface area contributed by atoms with Crippen LogP contribution in [0.2, 0.25) is 0 Å². The summed E-state index contributed by atoms with van der Waals surface area (Å²) >= 11 is 0. The van der Waals surface area contributed by atoms with Gasteiger partial charge in [0.15, 0.2) is 0 Å². The Bertz CT molecular complexity index is 1040. The number of nitro benzene ring substituents is 1. The third kappa shape index (κ3) is 3.19. The maximum atomic E-state index is 11.0. The van der Waals surface area contributed by atoms with Gasteiger partial charge in [0, 0.05) is 35.7 Å². The fourth-order valence-electron chi connectivity index (χ4n) is 3.83. The van der Waals surface area contributed by atoms with Gasteiger partial charge in [-0.1, -0.05) is 0 Å². The molecule has 1 fully saturated rings. The quantitative estimate of drug-likeness (QED) is 0.480. The van der Waals surface area contributed by atoms with Gasteiger partial charge in [0.1, 0.15) is 17.3 Å². The molecule has 0 N–H and O–H groups in total. The summed E-state index contributed by atoms with van der Waals surface area (Å²) in [7, 11) is 3.30. The van der Waals surface area contributed by atoms with E-state index in [9.17, 15) is 10.1 Å². The van der Waals surface area contributed by atoms with Crippen LogP contribution in [0.15, 0.2) is 48.5 Å². The lowest BCUT2D eigenvalue weighted by molar-refractivity contribution is -0.384. The lowest BCUT2D eigenvalue weighted by Crippen LogP contribution is -2.24. The van der Waals surface area contributed by atoms with E-state index in [4.69, 9.17) is 14.5 Å². The molecule has 1 aliphatic rings. The summed E-state index contributed by atoms with van der Waals surface area (Å²) in [6.45, 7) is 0.894. The van der Waals surface area contributed by atoms with E-state index in [-0.39, 0.29) is 16.7 Å². The molecule has 0 saturated carbocycles. The van der Waals surface area contributed by atoms with Crippen molar-refractivity contribution in [3.63, 3.8) is 0 Å². The maximum absolute atomic E-state index is 11.0. The Balaban J connectivity index is 1.70. The van der Waals surface area contributed by atoms with Crippen molar-refractivity contribution in [3.05, 3.63) is 64.2 Å². The number of aromatic nitrogens is 1. The number of methoxy groups -OCH3 is 2. The normalized spacial score (nSPS) is 16.4. The monoisotopic (exact) mass is 379 g/mol. The molecule has 0 amide bonds. The summed E-state index contributed by atoms with van der Waals surface area (Å²) in [5.41, 5.74) is 1.92. The van der Waals surface area contributed by atoms with Crippen LogP contribution in [0.3, 0.4) is 0 Å². The van der Waals surface area contributed by atoms with Crippen LogP contribution in [0.5, 0.6) is 11.5 Å². The summed E-state index contributed by atoms with van der Waals surface area (Å²) in [5.74, 6) is 2.42. The number of nitrogens with zero attached hydrogens (tertiary/aromatic N) is 3. The molecule has 0 bridgehead atoms. The minimum atomic E-state index is -0.389. The third-order valence-corrected chi connectivity index (χ3v) is 5.22. The average Bonchev–Trinajstić information content (AvgIpc) is 3.22. The van der Waals surface area contributed by atoms with Crippen molar-refractivity contribution in [2.45, 2.75) is 18.9 Å².